The summed E-state index contributed by atoms with van der Waals surface area (Å²) in [7, 11) is 0. The predicted octanol–water partition coefficient (Wildman–Crippen LogP) is 2.32. The van der Waals surface area contributed by atoms with Crippen LogP contribution in [-0.2, 0) is 4.74 Å². The first-order valence-corrected chi connectivity index (χ1v) is 6.40. The van der Waals surface area contributed by atoms with Crippen LogP contribution in [-0.4, -0.2) is 22.6 Å². The van der Waals surface area contributed by atoms with Gasteiger partial charge < -0.3 is 4.74 Å². The third-order valence-corrected chi connectivity index (χ3v) is 2.47. The second-order valence-electron chi connectivity index (χ2n) is 4.92. The number of nitrogens with zero attached hydrogens (tertiary/aromatic N) is 1. The summed E-state index contributed by atoms with van der Waals surface area (Å²) in [6.07, 6.45) is 0.830. The predicted molar refractivity (Wildman–Crippen MR) is 73.5 cm³/mol. The van der Waals surface area contributed by atoms with E-state index in [0.29, 0.717) is 4.47 Å². The molecule has 1 heterocycles. The quantitative estimate of drug-likeness (QED) is 0.775. The molecule has 1 aromatic rings. The average molecular weight is 330 g/mol. The second-order valence-corrected chi connectivity index (χ2v) is 5.78. The number of hydrogen-bond donors (Lipinski definition) is 2. The van der Waals surface area contributed by atoms with Gasteiger partial charge in [-0.25, -0.2) is 15.2 Å². The van der Waals surface area contributed by atoms with Crippen molar-refractivity contribution in [2.24, 2.45) is 0 Å². The summed E-state index contributed by atoms with van der Waals surface area (Å²) in [5.74, 6) is -0.530. The Balaban J connectivity index is 2.59. The first kappa shape index (κ1) is 15.4. The van der Waals surface area contributed by atoms with E-state index >= 15 is 0 Å². The first-order valence-electron chi connectivity index (χ1n) is 5.60. The number of ether oxygens (including phenoxy) is 1. The Morgan fingerprint density at radius 1 is 1.32 bits per heavy atom. The van der Waals surface area contributed by atoms with E-state index in [1.165, 1.54) is 0 Å². The van der Waals surface area contributed by atoms with Crippen molar-refractivity contribution in [2.45, 2.75) is 33.3 Å². The highest BCUT2D eigenvalue weighted by Gasteiger charge is 2.17. The number of nitrogens with one attached hydrogen (secondary N) is 2. The van der Waals surface area contributed by atoms with Gasteiger partial charge in [0.05, 0.1) is 0 Å². The summed E-state index contributed by atoms with van der Waals surface area (Å²) in [6, 6.07) is 1.76. The van der Waals surface area contributed by atoms with E-state index in [-0.39, 0.29) is 5.69 Å². The highest BCUT2D eigenvalue weighted by atomic mass is 79.9. The fraction of sp³-hybridized carbons (Fsp3) is 0.417. The molecule has 0 bridgehead atoms. The maximum absolute atomic E-state index is 11.8. The van der Waals surface area contributed by atoms with Gasteiger partial charge in [-0.05, 0) is 55.3 Å². The van der Waals surface area contributed by atoms with E-state index in [9.17, 15) is 9.59 Å². The molecule has 0 aliphatic carbocycles. The molecule has 0 atom stereocenters. The van der Waals surface area contributed by atoms with Crippen molar-refractivity contribution in [2.75, 3.05) is 0 Å². The summed E-state index contributed by atoms with van der Waals surface area (Å²) < 4.78 is 5.53. The SMILES string of the molecule is Cc1cnc(C(=O)NNC(=O)OC(C)(C)C)c(Br)c1. The fourth-order valence-corrected chi connectivity index (χ4v) is 1.81. The van der Waals surface area contributed by atoms with E-state index in [0.717, 1.165) is 5.56 Å². The lowest BCUT2D eigenvalue weighted by atomic mass is 10.2. The van der Waals surface area contributed by atoms with Crippen molar-refractivity contribution >= 4 is 27.9 Å². The van der Waals surface area contributed by atoms with Crippen molar-refractivity contribution in [3.8, 4) is 0 Å². The van der Waals surface area contributed by atoms with Gasteiger partial charge in [-0.2, -0.15) is 0 Å². The Morgan fingerprint density at radius 2 is 1.95 bits per heavy atom. The maximum atomic E-state index is 11.8. The van der Waals surface area contributed by atoms with Crippen LogP contribution in [0.3, 0.4) is 0 Å². The monoisotopic (exact) mass is 329 g/mol. The van der Waals surface area contributed by atoms with Gasteiger partial charge in [0.2, 0.25) is 0 Å². The van der Waals surface area contributed by atoms with E-state index in [2.05, 4.69) is 31.8 Å². The zero-order valence-electron chi connectivity index (χ0n) is 11.2. The third-order valence-electron chi connectivity index (χ3n) is 1.87. The third kappa shape index (κ3) is 5.25. The maximum Gasteiger partial charge on any atom is 0.426 e. The molecule has 0 saturated carbocycles. The molecule has 0 aliphatic heterocycles. The molecule has 2 N–H and O–H groups in total. The highest BCUT2D eigenvalue weighted by molar-refractivity contribution is 9.10. The van der Waals surface area contributed by atoms with Crippen LogP contribution in [0.1, 0.15) is 36.8 Å². The molecule has 104 valence electrons. The van der Waals surface area contributed by atoms with E-state index in [1.807, 2.05) is 6.92 Å². The van der Waals surface area contributed by atoms with Gasteiger partial charge in [0.1, 0.15) is 11.3 Å². The molecule has 19 heavy (non-hydrogen) atoms. The van der Waals surface area contributed by atoms with Crippen LogP contribution in [0.25, 0.3) is 0 Å². The Hall–Kier alpha value is -1.63. The molecule has 0 aromatic carbocycles. The molecule has 0 spiro atoms. The largest absolute Gasteiger partial charge is 0.443 e. The van der Waals surface area contributed by atoms with Crippen LogP contribution in [0, 0.1) is 6.92 Å². The summed E-state index contributed by atoms with van der Waals surface area (Å²) in [6.45, 7) is 7.05. The fourth-order valence-electron chi connectivity index (χ4n) is 1.17. The summed E-state index contributed by atoms with van der Waals surface area (Å²) >= 11 is 3.24. The van der Waals surface area contributed by atoms with Gasteiger partial charge in [-0.1, -0.05) is 0 Å². The molecular formula is C12H16BrN3O3. The molecule has 0 fully saturated rings. The van der Waals surface area contributed by atoms with Gasteiger partial charge >= 0.3 is 6.09 Å². The molecule has 6 nitrogen and oxygen atoms in total. The van der Waals surface area contributed by atoms with Crippen LogP contribution in [0.15, 0.2) is 16.7 Å². The van der Waals surface area contributed by atoms with Crippen molar-refractivity contribution in [3.63, 3.8) is 0 Å². The minimum absolute atomic E-state index is 0.182. The van der Waals surface area contributed by atoms with Crippen molar-refractivity contribution in [1.82, 2.24) is 15.8 Å². The van der Waals surface area contributed by atoms with Crippen molar-refractivity contribution < 1.29 is 14.3 Å². The Morgan fingerprint density at radius 3 is 2.47 bits per heavy atom. The standard InChI is InChI=1S/C12H16BrN3O3/c1-7-5-8(13)9(14-6-7)10(17)15-16-11(18)19-12(2,3)4/h5-6H,1-4H3,(H,15,17)(H,16,18). The van der Waals surface area contributed by atoms with E-state index in [1.54, 1.807) is 33.0 Å². The van der Waals surface area contributed by atoms with Gasteiger partial charge in [0, 0.05) is 10.7 Å². The van der Waals surface area contributed by atoms with Crippen molar-refractivity contribution in [3.05, 3.63) is 28.0 Å². The molecule has 0 saturated heterocycles. The number of rotatable bonds is 1. The smallest absolute Gasteiger partial charge is 0.426 e. The summed E-state index contributed by atoms with van der Waals surface area (Å²) in [5.41, 5.74) is 4.86. The van der Waals surface area contributed by atoms with Crippen LogP contribution in [0.5, 0.6) is 0 Å². The minimum atomic E-state index is -0.732. The van der Waals surface area contributed by atoms with Crippen molar-refractivity contribution in [1.29, 1.82) is 0 Å². The minimum Gasteiger partial charge on any atom is -0.443 e. The number of amides is 2. The lowest BCUT2D eigenvalue weighted by molar-refractivity contribution is 0.0483. The normalized spacial score (nSPS) is 10.8. The zero-order valence-corrected chi connectivity index (χ0v) is 12.8. The molecule has 7 heteroatoms. The number of carbonyl (C=O) groups is 2. The highest BCUT2D eigenvalue weighted by Crippen LogP contribution is 2.15. The van der Waals surface area contributed by atoms with Gasteiger partial charge in [0.15, 0.2) is 0 Å². The average Bonchev–Trinajstić information content (AvgIpc) is 2.23. The number of pyridine rings is 1. The molecule has 1 rings (SSSR count). The first-order chi connectivity index (χ1) is 8.69. The number of hydrogen-bond acceptors (Lipinski definition) is 4. The number of halogens is 1. The molecule has 2 amide bonds. The summed E-state index contributed by atoms with van der Waals surface area (Å²) in [5, 5.41) is 0. The molecular weight excluding hydrogens is 314 g/mol. The molecule has 0 aliphatic rings. The van der Waals surface area contributed by atoms with Crippen LogP contribution >= 0.6 is 15.9 Å². The Kier molecular flexibility index (Phi) is 4.88. The molecule has 1 aromatic heterocycles. The van der Waals surface area contributed by atoms with E-state index < -0.39 is 17.6 Å². The number of aryl methyl sites for hydroxylation is 1. The van der Waals surface area contributed by atoms with Gasteiger partial charge in [-0.15, -0.1) is 0 Å². The zero-order chi connectivity index (χ0) is 14.6. The lowest BCUT2D eigenvalue weighted by Crippen LogP contribution is -2.44. The topological polar surface area (TPSA) is 80.3 Å². The molecule has 0 radical (unpaired) electrons. The number of hydrazine groups is 1. The molecule has 0 unspecified atom stereocenters. The van der Waals surface area contributed by atoms with Gasteiger partial charge in [0.25, 0.3) is 5.91 Å². The lowest BCUT2D eigenvalue weighted by Gasteiger charge is -2.19. The van der Waals surface area contributed by atoms with Crippen LogP contribution < -0.4 is 10.9 Å². The van der Waals surface area contributed by atoms with Crippen LogP contribution in [0.4, 0.5) is 4.79 Å². The van der Waals surface area contributed by atoms with Crippen LogP contribution in [0.2, 0.25) is 0 Å². The Bertz CT molecular complexity index is 497. The Labute approximate surface area is 120 Å². The second kappa shape index (κ2) is 6.01. The van der Waals surface area contributed by atoms with Gasteiger partial charge in [-0.3, -0.25) is 10.2 Å². The van der Waals surface area contributed by atoms with E-state index in [4.69, 9.17) is 4.74 Å². The number of carbonyl (C=O) groups excluding carboxylic acids is 2. The number of aromatic nitrogens is 1. The summed E-state index contributed by atoms with van der Waals surface area (Å²) in [4.78, 5) is 27.1.